The first-order valence-corrected chi connectivity index (χ1v) is 23.6. The summed E-state index contributed by atoms with van der Waals surface area (Å²) < 4.78 is 33.3. The highest BCUT2D eigenvalue weighted by molar-refractivity contribution is 5.82. The molecule has 15 nitrogen and oxygen atoms in total. The Hall–Kier alpha value is -2.28. The van der Waals surface area contributed by atoms with Crippen molar-refractivity contribution in [2.45, 2.75) is 223 Å². The molecule has 0 aliphatic carbocycles. The maximum Gasteiger partial charge on any atom is 0.330 e. The fraction of sp³-hybridized carbons (Fsp3) is 0.830. The fourth-order valence-electron chi connectivity index (χ4n) is 7.23. The van der Waals surface area contributed by atoms with Gasteiger partial charge in [0.15, 0.2) is 18.7 Å². The fourth-order valence-corrected chi connectivity index (χ4v) is 7.23. The highest BCUT2D eigenvalue weighted by atomic mass is 16.7. The van der Waals surface area contributed by atoms with Gasteiger partial charge in [-0.2, -0.15) is 0 Å². The van der Waals surface area contributed by atoms with Gasteiger partial charge < -0.3 is 64.2 Å². The number of esters is 2. The van der Waals surface area contributed by atoms with Crippen molar-refractivity contribution in [3.8, 4) is 0 Å². The van der Waals surface area contributed by atoms with Gasteiger partial charge in [-0.25, -0.2) is 4.79 Å². The van der Waals surface area contributed by atoms with Gasteiger partial charge in [-0.05, 0) is 38.5 Å². The van der Waals surface area contributed by atoms with Gasteiger partial charge in [0.25, 0.3) is 0 Å². The standard InChI is InChI=1S/C47H82O15/c1-3-5-7-9-11-13-15-16-17-18-20-21-23-25-27-29-38(49)57-32-35(60-39(50)30-28-26-24-22-19-14-12-10-8-6-4-2)33-58-46-45(56)43(54)41(52)37(62-46)34-59-47-44(55)42(53)40(51)36(31-48)61-47/h10,12,23,25,27,29,35-37,40-48,51-56H,3-9,11,13-22,24,26,28,30-34H2,1-2H3/b12-10+,25-23+,29-27+/t35-,36-,37-,40+,41+,42?,43?,44?,45?,46-,47-/m1/s1. The molecule has 11 atom stereocenters. The van der Waals surface area contributed by atoms with Crippen molar-refractivity contribution in [2.24, 2.45) is 0 Å². The summed E-state index contributed by atoms with van der Waals surface area (Å²) in [6.45, 7) is 2.40. The third-order valence-corrected chi connectivity index (χ3v) is 11.2. The average molecular weight is 887 g/mol. The number of aliphatic hydroxyl groups excluding tert-OH is 7. The quantitative estimate of drug-likeness (QED) is 0.0139. The van der Waals surface area contributed by atoms with Crippen LogP contribution in [0.1, 0.15) is 155 Å². The number of hydrogen-bond donors (Lipinski definition) is 7. The molecule has 4 unspecified atom stereocenters. The molecule has 0 aromatic rings. The maximum atomic E-state index is 12.9. The van der Waals surface area contributed by atoms with Gasteiger partial charge in [-0.3, -0.25) is 4.79 Å². The van der Waals surface area contributed by atoms with E-state index in [1.54, 1.807) is 12.2 Å². The van der Waals surface area contributed by atoms with Crippen LogP contribution in [0.15, 0.2) is 36.5 Å². The smallest absolute Gasteiger partial charge is 0.330 e. The van der Waals surface area contributed by atoms with Crippen molar-refractivity contribution in [3.63, 3.8) is 0 Å². The molecule has 0 amide bonds. The van der Waals surface area contributed by atoms with Gasteiger partial charge in [-0.15, -0.1) is 0 Å². The Morgan fingerprint density at radius 3 is 1.65 bits per heavy atom. The predicted octanol–water partition coefficient (Wildman–Crippen LogP) is 5.37. The zero-order valence-electron chi connectivity index (χ0n) is 37.6. The third kappa shape index (κ3) is 23.6. The highest BCUT2D eigenvalue weighted by Gasteiger charge is 2.47. The van der Waals surface area contributed by atoms with E-state index < -0.39 is 99.3 Å². The average Bonchev–Trinajstić information content (AvgIpc) is 3.26. The summed E-state index contributed by atoms with van der Waals surface area (Å²) in [5, 5.41) is 71.8. The number of carbonyl (C=O) groups excluding carboxylic acids is 2. The number of allylic oxidation sites excluding steroid dienone is 5. The van der Waals surface area contributed by atoms with Crippen LogP contribution in [0.5, 0.6) is 0 Å². The number of ether oxygens (including phenoxy) is 6. The van der Waals surface area contributed by atoms with Crippen LogP contribution in [-0.4, -0.2) is 142 Å². The number of unbranched alkanes of at least 4 members (excludes halogenated alkanes) is 18. The van der Waals surface area contributed by atoms with E-state index in [-0.39, 0.29) is 13.0 Å². The van der Waals surface area contributed by atoms with Gasteiger partial charge >= 0.3 is 11.9 Å². The largest absolute Gasteiger partial charge is 0.458 e. The van der Waals surface area contributed by atoms with E-state index in [4.69, 9.17) is 28.4 Å². The van der Waals surface area contributed by atoms with Crippen molar-refractivity contribution >= 4 is 11.9 Å². The van der Waals surface area contributed by atoms with E-state index in [2.05, 4.69) is 26.0 Å². The third-order valence-electron chi connectivity index (χ3n) is 11.2. The van der Waals surface area contributed by atoms with Gasteiger partial charge in [0.05, 0.1) is 19.8 Å². The normalized spacial score (nSPS) is 27.4. The lowest BCUT2D eigenvalue weighted by Crippen LogP contribution is -2.61. The lowest BCUT2D eigenvalue weighted by atomic mass is 9.98. The Morgan fingerprint density at radius 2 is 1.05 bits per heavy atom. The Kier molecular flexibility index (Phi) is 31.6. The summed E-state index contributed by atoms with van der Waals surface area (Å²) in [6, 6.07) is 0. The monoisotopic (exact) mass is 887 g/mol. The zero-order chi connectivity index (χ0) is 45.4. The van der Waals surface area contributed by atoms with Gasteiger partial charge in [0.1, 0.15) is 55.4 Å². The molecule has 0 radical (unpaired) electrons. The zero-order valence-corrected chi connectivity index (χ0v) is 37.6. The number of hydrogen-bond acceptors (Lipinski definition) is 15. The molecule has 360 valence electrons. The van der Waals surface area contributed by atoms with E-state index >= 15 is 0 Å². The van der Waals surface area contributed by atoms with Crippen LogP contribution >= 0.6 is 0 Å². The van der Waals surface area contributed by atoms with E-state index in [0.29, 0.717) is 6.42 Å². The molecule has 0 spiro atoms. The van der Waals surface area contributed by atoms with Crippen LogP contribution in [0.3, 0.4) is 0 Å². The molecule has 0 bridgehead atoms. The first-order valence-electron chi connectivity index (χ1n) is 23.6. The van der Waals surface area contributed by atoms with E-state index in [0.717, 1.165) is 51.4 Å². The van der Waals surface area contributed by atoms with Crippen molar-refractivity contribution in [1.29, 1.82) is 0 Å². The van der Waals surface area contributed by atoms with Crippen molar-refractivity contribution in [3.05, 3.63) is 36.5 Å². The molecule has 2 saturated heterocycles. The van der Waals surface area contributed by atoms with Crippen LogP contribution in [0.2, 0.25) is 0 Å². The first-order chi connectivity index (χ1) is 30.0. The predicted molar refractivity (Wildman–Crippen MR) is 234 cm³/mol. The maximum absolute atomic E-state index is 12.9. The molecule has 15 heteroatoms. The Bertz CT molecular complexity index is 1230. The molecule has 7 N–H and O–H groups in total. The van der Waals surface area contributed by atoms with Crippen molar-refractivity contribution in [1.82, 2.24) is 0 Å². The number of rotatable bonds is 35. The molecular formula is C47H82O15. The van der Waals surface area contributed by atoms with Gasteiger partial charge in [0, 0.05) is 12.5 Å². The van der Waals surface area contributed by atoms with Crippen LogP contribution < -0.4 is 0 Å². The van der Waals surface area contributed by atoms with Crippen LogP contribution in [0.25, 0.3) is 0 Å². The van der Waals surface area contributed by atoms with E-state index in [1.807, 2.05) is 6.08 Å². The number of aliphatic hydroxyl groups is 7. The summed E-state index contributed by atoms with van der Waals surface area (Å²) >= 11 is 0. The minimum atomic E-state index is -1.78. The second-order valence-electron chi connectivity index (χ2n) is 16.7. The minimum absolute atomic E-state index is 0.135. The van der Waals surface area contributed by atoms with Crippen LogP contribution in [-0.2, 0) is 38.0 Å². The molecule has 2 fully saturated rings. The van der Waals surface area contributed by atoms with E-state index in [1.165, 1.54) is 83.1 Å². The summed E-state index contributed by atoms with van der Waals surface area (Å²) in [7, 11) is 0. The summed E-state index contributed by atoms with van der Waals surface area (Å²) in [6.07, 6.45) is 18.2. The molecule has 0 saturated carbocycles. The molecule has 0 aromatic carbocycles. The minimum Gasteiger partial charge on any atom is -0.458 e. The Labute approximate surface area is 370 Å². The lowest BCUT2D eigenvalue weighted by molar-refractivity contribution is -0.332. The Morgan fingerprint density at radius 1 is 0.548 bits per heavy atom. The first kappa shape index (κ1) is 55.9. The van der Waals surface area contributed by atoms with E-state index in [9.17, 15) is 45.3 Å². The summed E-state index contributed by atoms with van der Waals surface area (Å²) in [5.41, 5.74) is 0. The topological polar surface area (TPSA) is 231 Å². The highest BCUT2D eigenvalue weighted by Crippen LogP contribution is 2.26. The summed E-state index contributed by atoms with van der Waals surface area (Å²) in [4.78, 5) is 25.5. The van der Waals surface area contributed by atoms with Gasteiger partial charge in [-0.1, -0.05) is 141 Å². The van der Waals surface area contributed by atoms with Crippen LogP contribution in [0.4, 0.5) is 0 Å². The Balaban J connectivity index is 1.88. The van der Waals surface area contributed by atoms with Crippen LogP contribution in [0, 0.1) is 0 Å². The number of carbonyl (C=O) groups is 2. The molecular weight excluding hydrogens is 805 g/mol. The molecule has 62 heavy (non-hydrogen) atoms. The molecule has 2 heterocycles. The second kappa shape index (κ2) is 35.0. The SMILES string of the molecule is CCCC/C=C/CCCCCCCC(=O)O[C@H](COC(=O)/C=C/C=C/CCCCCCCCCCCCC)CO[C@@H]1O[C@H](CO[C@@H]2O[C@H](CO)[C@H](O)C(O)C2O)[C@H](O)C(O)C1O. The molecule has 2 aliphatic rings. The summed E-state index contributed by atoms with van der Waals surface area (Å²) in [5.74, 6) is -1.19. The second-order valence-corrected chi connectivity index (χ2v) is 16.7. The lowest BCUT2D eigenvalue weighted by Gasteiger charge is -2.42. The molecule has 0 aromatic heterocycles. The van der Waals surface area contributed by atoms with Crippen molar-refractivity contribution < 1.29 is 73.8 Å². The van der Waals surface area contributed by atoms with Crippen molar-refractivity contribution in [2.75, 3.05) is 26.4 Å². The molecule has 2 rings (SSSR count). The molecule has 2 aliphatic heterocycles. The van der Waals surface area contributed by atoms with Gasteiger partial charge in [0.2, 0.25) is 0 Å².